The molecule has 1 aliphatic heterocycles. The number of rotatable bonds is 3. The molecule has 1 aromatic rings. The van der Waals surface area contributed by atoms with Crippen molar-refractivity contribution in [1.29, 1.82) is 0 Å². The van der Waals surface area contributed by atoms with E-state index in [1.54, 1.807) is 11.8 Å². The molecule has 0 bridgehead atoms. The smallest absolute Gasteiger partial charge is 0.237 e. The summed E-state index contributed by atoms with van der Waals surface area (Å²) in [6.45, 7) is 4.57. The van der Waals surface area contributed by atoms with E-state index >= 15 is 0 Å². The normalized spacial score (nSPS) is 15.6. The van der Waals surface area contributed by atoms with Crippen LogP contribution in [0.1, 0.15) is 19.4 Å². The Kier molecular flexibility index (Phi) is 3.91. The fourth-order valence-electron chi connectivity index (χ4n) is 1.96. The molecule has 2 rings (SSSR count). The molecule has 1 amide bonds. The van der Waals surface area contributed by atoms with E-state index in [0.29, 0.717) is 12.3 Å². The van der Waals surface area contributed by atoms with Crippen molar-refractivity contribution in [3.63, 3.8) is 0 Å². The minimum absolute atomic E-state index is 0.161. The number of benzene rings is 1. The Bertz CT molecular complexity index is 500. The first-order chi connectivity index (χ1) is 8.67. The summed E-state index contributed by atoms with van der Waals surface area (Å²) < 4.78 is 0. The van der Waals surface area contributed by atoms with Gasteiger partial charge in [-0.2, -0.15) is 0 Å². The lowest BCUT2D eigenvalue weighted by Crippen LogP contribution is -2.35. The maximum atomic E-state index is 11.8. The van der Waals surface area contributed by atoms with Crippen molar-refractivity contribution < 1.29 is 9.63 Å². The number of nitrogens with zero attached hydrogens (tertiary/aromatic N) is 2. The summed E-state index contributed by atoms with van der Waals surface area (Å²) in [6.07, 6.45) is 0. The number of carbonyl (C=O) groups excluding carboxylic acids is 1. The summed E-state index contributed by atoms with van der Waals surface area (Å²) in [5.41, 5.74) is 2.76. The Labute approximate surface area is 111 Å². The number of amides is 1. The zero-order chi connectivity index (χ0) is 13.1. The number of hydrogen-bond donors (Lipinski definition) is 0. The van der Waals surface area contributed by atoms with Gasteiger partial charge in [-0.15, -0.1) is 11.8 Å². The van der Waals surface area contributed by atoms with E-state index in [0.717, 1.165) is 21.9 Å². The average molecular weight is 264 g/mol. The molecule has 0 atom stereocenters. The molecule has 0 fully saturated rings. The Balaban J connectivity index is 2.44. The summed E-state index contributed by atoms with van der Waals surface area (Å²) in [7, 11) is 1.53. The predicted molar refractivity (Wildman–Crippen MR) is 74.4 cm³/mol. The van der Waals surface area contributed by atoms with Gasteiger partial charge in [0.25, 0.3) is 0 Å². The lowest BCUT2D eigenvalue weighted by atomic mass is 10.1. The van der Waals surface area contributed by atoms with Gasteiger partial charge in [-0.3, -0.25) is 4.79 Å². The van der Waals surface area contributed by atoms with E-state index in [4.69, 9.17) is 4.84 Å². The number of carbonyl (C=O) groups is 1. The molecule has 0 spiro atoms. The molecule has 0 aliphatic carbocycles. The van der Waals surface area contributed by atoms with Crippen LogP contribution in [0.3, 0.4) is 0 Å². The highest BCUT2D eigenvalue weighted by atomic mass is 32.2. The van der Waals surface area contributed by atoms with Crippen molar-refractivity contribution in [3.8, 4) is 0 Å². The molecule has 0 radical (unpaired) electrons. The van der Waals surface area contributed by atoms with Gasteiger partial charge in [0.2, 0.25) is 5.91 Å². The van der Waals surface area contributed by atoms with Crippen molar-refractivity contribution >= 4 is 29.1 Å². The minimum atomic E-state index is 0.161. The van der Waals surface area contributed by atoms with Gasteiger partial charge in [-0.25, -0.2) is 0 Å². The second-order valence-corrected chi connectivity index (χ2v) is 4.99. The quantitative estimate of drug-likeness (QED) is 0.622. The van der Waals surface area contributed by atoms with Crippen LogP contribution in [0.25, 0.3) is 0 Å². The molecule has 0 unspecified atom stereocenters. The standard InChI is InChI=1S/C13H16N2O2S/c1-4-15-11-7-10(9(2)14-17-3)5-6-12(11)18-8-13(15)16/h5-7H,4,8H2,1-3H3/b14-9+. The molecule has 1 heterocycles. The van der Waals surface area contributed by atoms with Crippen LogP contribution in [0.2, 0.25) is 0 Å². The van der Waals surface area contributed by atoms with Gasteiger partial charge >= 0.3 is 0 Å². The molecule has 5 heteroatoms. The average Bonchev–Trinajstić information content (AvgIpc) is 2.38. The second kappa shape index (κ2) is 5.44. The lowest BCUT2D eigenvalue weighted by molar-refractivity contribution is -0.116. The van der Waals surface area contributed by atoms with Gasteiger partial charge in [0.15, 0.2) is 0 Å². The lowest BCUT2D eigenvalue weighted by Gasteiger charge is -2.28. The summed E-state index contributed by atoms with van der Waals surface area (Å²) in [6, 6.07) is 6.05. The molecule has 1 aliphatic rings. The van der Waals surface area contributed by atoms with Gasteiger partial charge in [0.05, 0.1) is 17.2 Å². The number of hydrogen-bond acceptors (Lipinski definition) is 4. The fourth-order valence-corrected chi connectivity index (χ4v) is 2.88. The van der Waals surface area contributed by atoms with Crippen LogP contribution in [0, 0.1) is 0 Å². The first kappa shape index (κ1) is 13.0. The van der Waals surface area contributed by atoms with Crippen LogP contribution in [-0.4, -0.2) is 31.0 Å². The van der Waals surface area contributed by atoms with Crippen molar-refractivity contribution in [2.24, 2.45) is 5.16 Å². The largest absolute Gasteiger partial charge is 0.399 e. The number of thioether (sulfide) groups is 1. The molecule has 1 aromatic carbocycles. The van der Waals surface area contributed by atoms with Crippen LogP contribution in [0.5, 0.6) is 0 Å². The Morgan fingerprint density at radius 1 is 1.56 bits per heavy atom. The highest BCUT2D eigenvalue weighted by Gasteiger charge is 2.23. The van der Waals surface area contributed by atoms with Gasteiger partial charge < -0.3 is 9.74 Å². The highest BCUT2D eigenvalue weighted by molar-refractivity contribution is 8.00. The Morgan fingerprint density at radius 2 is 2.33 bits per heavy atom. The minimum Gasteiger partial charge on any atom is -0.399 e. The summed E-state index contributed by atoms with van der Waals surface area (Å²) in [5.74, 6) is 0.680. The van der Waals surface area contributed by atoms with E-state index in [-0.39, 0.29) is 5.91 Å². The maximum Gasteiger partial charge on any atom is 0.237 e. The third-order valence-corrected chi connectivity index (χ3v) is 3.91. The maximum absolute atomic E-state index is 11.8. The molecule has 0 aromatic heterocycles. The highest BCUT2D eigenvalue weighted by Crippen LogP contribution is 2.35. The van der Waals surface area contributed by atoms with Crippen molar-refractivity contribution in [3.05, 3.63) is 23.8 Å². The summed E-state index contributed by atoms with van der Waals surface area (Å²) >= 11 is 1.59. The van der Waals surface area contributed by atoms with Crippen molar-refractivity contribution in [1.82, 2.24) is 0 Å². The molecule has 0 N–H and O–H groups in total. The fraction of sp³-hybridized carbons (Fsp3) is 0.385. The second-order valence-electron chi connectivity index (χ2n) is 3.97. The first-order valence-corrected chi connectivity index (χ1v) is 6.81. The van der Waals surface area contributed by atoms with Crippen molar-refractivity contribution in [2.75, 3.05) is 24.3 Å². The van der Waals surface area contributed by atoms with E-state index in [2.05, 4.69) is 5.16 Å². The van der Waals surface area contributed by atoms with Crippen LogP contribution in [-0.2, 0) is 9.63 Å². The molecule has 18 heavy (non-hydrogen) atoms. The molecular formula is C13H16N2O2S. The van der Waals surface area contributed by atoms with Crippen LogP contribution < -0.4 is 4.90 Å². The van der Waals surface area contributed by atoms with E-state index in [1.165, 1.54) is 7.11 Å². The number of anilines is 1. The first-order valence-electron chi connectivity index (χ1n) is 5.82. The van der Waals surface area contributed by atoms with Crippen LogP contribution >= 0.6 is 11.8 Å². The number of fused-ring (bicyclic) bond motifs is 1. The Morgan fingerprint density at radius 3 is 3.00 bits per heavy atom. The third kappa shape index (κ3) is 2.36. The monoisotopic (exact) mass is 264 g/mol. The van der Waals surface area contributed by atoms with Gasteiger partial charge in [-0.05, 0) is 26.0 Å². The number of oxime groups is 1. The molecule has 0 saturated carbocycles. The van der Waals surface area contributed by atoms with E-state index in [1.807, 2.05) is 36.9 Å². The Hall–Kier alpha value is -1.49. The third-order valence-electron chi connectivity index (χ3n) is 2.86. The summed E-state index contributed by atoms with van der Waals surface area (Å²) in [5, 5.41) is 3.92. The molecular weight excluding hydrogens is 248 g/mol. The zero-order valence-electron chi connectivity index (χ0n) is 10.8. The van der Waals surface area contributed by atoms with Crippen molar-refractivity contribution in [2.45, 2.75) is 18.7 Å². The van der Waals surface area contributed by atoms with Gasteiger partial charge in [0, 0.05) is 17.0 Å². The van der Waals surface area contributed by atoms with Gasteiger partial charge in [0.1, 0.15) is 7.11 Å². The zero-order valence-corrected chi connectivity index (χ0v) is 11.6. The van der Waals surface area contributed by atoms with E-state index < -0.39 is 0 Å². The van der Waals surface area contributed by atoms with Gasteiger partial charge in [-0.1, -0.05) is 11.2 Å². The van der Waals surface area contributed by atoms with Crippen LogP contribution in [0.4, 0.5) is 5.69 Å². The van der Waals surface area contributed by atoms with E-state index in [9.17, 15) is 4.79 Å². The molecule has 4 nitrogen and oxygen atoms in total. The predicted octanol–water partition coefficient (Wildman–Crippen LogP) is 2.52. The summed E-state index contributed by atoms with van der Waals surface area (Å²) in [4.78, 5) is 19.6. The topological polar surface area (TPSA) is 41.9 Å². The molecule has 96 valence electrons. The SMILES string of the molecule is CCN1C(=O)CSc2ccc(/C(C)=N/OC)cc21. The molecule has 0 saturated heterocycles. The van der Waals surface area contributed by atoms with Crippen LogP contribution in [0.15, 0.2) is 28.3 Å².